The fourth-order valence-electron chi connectivity index (χ4n) is 1.68. The third-order valence-electron chi connectivity index (χ3n) is 2.66. The molecule has 96 valence electrons. The van der Waals surface area contributed by atoms with Gasteiger partial charge in [0, 0.05) is 17.2 Å². The highest BCUT2D eigenvalue weighted by Gasteiger charge is 2.13. The standard InChI is InChI=1S/C13H10F2N4/c1-9(5-16)12(6-19-8-17-7-18-19)11-3-2-10(14)4-13(11)15/h2-4,7-8H,6H2,1H3/b12-9+. The molecule has 0 bridgehead atoms. The number of hydrogen-bond acceptors (Lipinski definition) is 3. The highest BCUT2D eigenvalue weighted by atomic mass is 19.1. The van der Waals surface area contributed by atoms with Crippen LogP contribution in [0.1, 0.15) is 12.5 Å². The van der Waals surface area contributed by atoms with Crippen molar-refractivity contribution >= 4 is 5.57 Å². The van der Waals surface area contributed by atoms with Gasteiger partial charge in [0.15, 0.2) is 0 Å². The summed E-state index contributed by atoms with van der Waals surface area (Å²) in [6.07, 6.45) is 2.81. The van der Waals surface area contributed by atoms with E-state index in [9.17, 15) is 8.78 Å². The van der Waals surface area contributed by atoms with Crippen molar-refractivity contribution < 1.29 is 8.78 Å². The predicted octanol–water partition coefficient (Wildman–Crippen LogP) is 2.55. The zero-order valence-corrected chi connectivity index (χ0v) is 10.1. The monoisotopic (exact) mass is 260 g/mol. The highest BCUT2D eigenvalue weighted by molar-refractivity contribution is 5.71. The van der Waals surface area contributed by atoms with Gasteiger partial charge in [-0.1, -0.05) is 0 Å². The average molecular weight is 260 g/mol. The van der Waals surface area contributed by atoms with Crippen molar-refractivity contribution in [1.29, 1.82) is 5.26 Å². The molecule has 0 N–H and O–H groups in total. The maximum Gasteiger partial charge on any atom is 0.137 e. The van der Waals surface area contributed by atoms with Crippen LogP contribution in [0.25, 0.3) is 5.57 Å². The number of rotatable bonds is 3. The minimum absolute atomic E-state index is 0.191. The Morgan fingerprint density at radius 3 is 2.79 bits per heavy atom. The van der Waals surface area contributed by atoms with Gasteiger partial charge in [0.05, 0.1) is 12.6 Å². The van der Waals surface area contributed by atoms with E-state index >= 15 is 0 Å². The Kier molecular flexibility index (Phi) is 3.66. The van der Waals surface area contributed by atoms with Gasteiger partial charge in [-0.15, -0.1) is 0 Å². The van der Waals surface area contributed by atoms with Crippen LogP contribution in [0.4, 0.5) is 8.78 Å². The molecule has 4 nitrogen and oxygen atoms in total. The minimum Gasteiger partial charge on any atom is -0.248 e. The van der Waals surface area contributed by atoms with Crippen LogP contribution in [0.5, 0.6) is 0 Å². The number of hydrogen-bond donors (Lipinski definition) is 0. The lowest BCUT2D eigenvalue weighted by Crippen LogP contribution is -2.04. The highest BCUT2D eigenvalue weighted by Crippen LogP contribution is 2.23. The van der Waals surface area contributed by atoms with Gasteiger partial charge in [-0.2, -0.15) is 10.4 Å². The van der Waals surface area contributed by atoms with Crippen LogP contribution in [0.15, 0.2) is 36.4 Å². The molecule has 1 aromatic carbocycles. The van der Waals surface area contributed by atoms with Crippen LogP contribution in [-0.4, -0.2) is 14.8 Å². The molecule has 0 unspecified atom stereocenters. The van der Waals surface area contributed by atoms with Gasteiger partial charge in [-0.3, -0.25) is 0 Å². The van der Waals surface area contributed by atoms with Crippen LogP contribution in [0.3, 0.4) is 0 Å². The molecule has 1 aromatic heterocycles. The minimum atomic E-state index is -0.704. The van der Waals surface area contributed by atoms with E-state index in [0.29, 0.717) is 11.1 Å². The Morgan fingerprint density at radius 1 is 1.42 bits per heavy atom. The summed E-state index contributed by atoms with van der Waals surface area (Å²) in [5, 5.41) is 12.9. The van der Waals surface area contributed by atoms with Gasteiger partial charge >= 0.3 is 0 Å². The summed E-state index contributed by atoms with van der Waals surface area (Å²) in [6, 6.07) is 5.24. The molecular weight excluding hydrogens is 250 g/mol. The quantitative estimate of drug-likeness (QED) is 0.797. The van der Waals surface area contributed by atoms with Crippen molar-refractivity contribution in [1.82, 2.24) is 14.8 Å². The first-order valence-corrected chi connectivity index (χ1v) is 5.49. The van der Waals surface area contributed by atoms with Crippen molar-refractivity contribution in [2.75, 3.05) is 0 Å². The number of allylic oxidation sites excluding steroid dienone is 2. The molecule has 0 fully saturated rings. The van der Waals surface area contributed by atoms with Gasteiger partial charge < -0.3 is 0 Å². The Balaban J connectivity index is 2.48. The zero-order chi connectivity index (χ0) is 13.8. The molecule has 6 heteroatoms. The van der Waals surface area contributed by atoms with Crippen LogP contribution in [-0.2, 0) is 6.54 Å². The average Bonchev–Trinajstić information content (AvgIpc) is 2.89. The van der Waals surface area contributed by atoms with Crippen LogP contribution in [0.2, 0.25) is 0 Å². The number of benzene rings is 1. The van der Waals surface area contributed by atoms with Crippen LogP contribution >= 0.6 is 0 Å². The SMILES string of the molecule is C/C(C#N)=C(/Cn1cncn1)c1ccc(F)cc1F. The van der Waals surface area contributed by atoms with E-state index in [2.05, 4.69) is 10.1 Å². The first kappa shape index (κ1) is 12.9. The third-order valence-corrected chi connectivity index (χ3v) is 2.66. The molecule has 0 saturated carbocycles. The smallest absolute Gasteiger partial charge is 0.137 e. The summed E-state index contributed by atoms with van der Waals surface area (Å²) in [7, 11) is 0. The Labute approximate surface area is 108 Å². The molecule has 0 aliphatic rings. The summed E-state index contributed by atoms with van der Waals surface area (Å²) in [5.41, 5.74) is 0.988. The van der Waals surface area contributed by atoms with Crippen LogP contribution < -0.4 is 0 Å². The van der Waals surface area contributed by atoms with E-state index in [-0.39, 0.29) is 12.1 Å². The van der Waals surface area contributed by atoms with Crippen molar-refractivity contribution in [2.45, 2.75) is 13.5 Å². The van der Waals surface area contributed by atoms with E-state index < -0.39 is 11.6 Å². The topological polar surface area (TPSA) is 54.5 Å². The summed E-state index contributed by atoms with van der Waals surface area (Å²) >= 11 is 0. The fraction of sp³-hybridized carbons (Fsp3) is 0.154. The van der Waals surface area contributed by atoms with Gasteiger partial charge in [0.25, 0.3) is 0 Å². The lowest BCUT2D eigenvalue weighted by molar-refractivity contribution is 0.579. The van der Waals surface area contributed by atoms with Gasteiger partial charge in [-0.25, -0.2) is 18.4 Å². The first-order valence-electron chi connectivity index (χ1n) is 5.49. The maximum atomic E-state index is 13.8. The van der Waals surface area contributed by atoms with Crippen molar-refractivity contribution in [3.8, 4) is 6.07 Å². The zero-order valence-electron chi connectivity index (χ0n) is 10.1. The van der Waals surface area contributed by atoms with E-state index in [1.165, 1.54) is 23.4 Å². The molecule has 0 aliphatic carbocycles. The van der Waals surface area contributed by atoms with Crippen molar-refractivity contribution in [2.24, 2.45) is 0 Å². The largest absolute Gasteiger partial charge is 0.248 e. The summed E-state index contributed by atoms with van der Waals surface area (Å²) in [6.45, 7) is 1.77. The molecule has 2 rings (SSSR count). The molecule has 0 amide bonds. The van der Waals surface area contributed by atoms with E-state index in [0.717, 1.165) is 12.1 Å². The second-order valence-electron chi connectivity index (χ2n) is 3.93. The molecule has 0 saturated heterocycles. The molecule has 0 spiro atoms. The number of nitriles is 1. The lowest BCUT2D eigenvalue weighted by atomic mass is 10.0. The molecule has 2 aromatic rings. The van der Waals surface area contributed by atoms with Gasteiger partial charge in [0.1, 0.15) is 24.3 Å². The summed E-state index contributed by atoms with van der Waals surface area (Å²) < 4.78 is 28.2. The Morgan fingerprint density at radius 2 is 2.21 bits per heavy atom. The van der Waals surface area contributed by atoms with E-state index in [4.69, 9.17) is 5.26 Å². The molecule has 19 heavy (non-hydrogen) atoms. The molecular formula is C13H10F2N4. The molecule has 0 aliphatic heterocycles. The number of aromatic nitrogens is 3. The predicted molar refractivity (Wildman–Crippen MR) is 64.6 cm³/mol. The first-order chi connectivity index (χ1) is 9.11. The van der Waals surface area contributed by atoms with Crippen LogP contribution in [0, 0.1) is 23.0 Å². The Hall–Kier alpha value is -2.55. The maximum absolute atomic E-state index is 13.8. The number of nitrogens with zero attached hydrogens (tertiary/aromatic N) is 4. The fourth-order valence-corrected chi connectivity index (χ4v) is 1.68. The summed E-state index contributed by atoms with van der Waals surface area (Å²) in [5.74, 6) is -1.36. The van der Waals surface area contributed by atoms with Crippen molar-refractivity contribution in [3.05, 3.63) is 53.6 Å². The van der Waals surface area contributed by atoms with Gasteiger partial charge in [0.2, 0.25) is 0 Å². The normalized spacial score (nSPS) is 11.9. The third kappa shape index (κ3) is 2.83. The van der Waals surface area contributed by atoms with Crippen molar-refractivity contribution in [3.63, 3.8) is 0 Å². The lowest BCUT2D eigenvalue weighted by Gasteiger charge is -2.10. The molecule has 0 radical (unpaired) electrons. The molecule has 0 atom stereocenters. The number of halogens is 2. The van der Waals surface area contributed by atoms with Gasteiger partial charge in [-0.05, 0) is 24.6 Å². The second-order valence-corrected chi connectivity index (χ2v) is 3.93. The molecule has 1 heterocycles. The van der Waals surface area contributed by atoms with E-state index in [1.54, 1.807) is 6.92 Å². The second kappa shape index (κ2) is 5.40. The Bertz CT molecular complexity index is 654. The van der Waals surface area contributed by atoms with E-state index in [1.807, 2.05) is 6.07 Å². The summed E-state index contributed by atoms with van der Waals surface area (Å²) in [4.78, 5) is 3.78.